The van der Waals surface area contributed by atoms with Crippen molar-refractivity contribution in [3.63, 3.8) is 0 Å². The fourth-order valence-corrected chi connectivity index (χ4v) is 7.86. The summed E-state index contributed by atoms with van der Waals surface area (Å²) in [5.41, 5.74) is 6.39. The molecule has 4 aromatic carbocycles. The van der Waals surface area contributed by atoms with Crippen LogP contribution in [0.2, 0.25) is 0 Å². The lowest BCUT2D eigenvalue weighted by Gasteiger charge is -2.33. The lowest BCUT2D eigenvalue weighted by Crippen LogP contribution is -2.22. The topological polar surface area (TPSA) is 40.6 Å². The third kappa shape index (κ3) is 5.56. The molecule has 0 N–H and O–H groups in total. The highest BCUT2D eigenvalue weighted by atomic mass is 32.2. The maximum Gasteiger partial charge on any atom is 0.150 e. The number of hydrogen-bond acceptors (Lipinski definition) is 6. The van der Waals surface area contributed by atoms with E-state index in [4.69, 9.17) is 0 Å². The monoisotopic (exact) mass is 564 g/mol. The molecule has 2 heterocycles. The standard InChI is InChI=1S/C34H32N2O2S2/c37-23-25-15-17-29-33(21-25)39-31-13-7-5-11-27(31)35(29)19-9-3-1-2-4-10-20-36-28-12-6-8-14-32(28)40-34-22-26(24-38)16-18-30(34)36/h5-8,11-18,21-24H,1-4,9-10,19-20H2. The van der Waals surface area contributed by atoms with E-state index < -0.39 is 0 Å². The van der Waals surface area contributed by atoms with Crippen LogP contribution in [0.15, 0.2) is 105 Å². The zero-order chi connectivity index (χ0) is 27.3. The van der Waals surface area contributed by atoms with Crippen LogP contribution in [0, 0.1) is 0 Å². The Morgan fingerprint density at radius 3 is 1.32 bits per heavy atom. The molecule has 0 fully saturated rings. The van der Waals surface area contributed by atoms with E-state index in [1.807, 2.05) is 24.3 Å². The molecule has 6 rings (SSSR count). The summed E-state index contributed by atoms with van der Waals surface area (Å²) in [6, 6.07) is 29.2. The first-order valence-electron chi connectivity index (χ1n) is 14.0. The van der Waals surface area contributed by atoms with Gasteiger partial charge in [0.2, 0.25) is 0 Å². The van der Waals surface area contributed by atoms with Gasteiger partial charge in [0, 0.05) is 43.8 Å². The van der Waals surface area contributed by atoms with E-state index in [1.54, 1.807) is 23.5 Å². The van der Waals surface area contributed by atoms with Crippen molar-refractivity contribution in [2.24, 2.45) is 0 Å². The van der Waals surface area contributed by atoms with Gasteiger partial charge in [0.15, 0.2) is 0 Å². The van der Waals surface area contributed by atoms with Gasteiger partial charge in [0.25, 0.3) is 0 Å². The molecular formula is C34H32N2O2S2. The molecular weight excluding hydrogens is 533 g/mol. The highest BCUT2D eigenvalue weighted by Gasteiger charge is 2.24. The maximum atomic E-state index is 11.3. The van der Waals surface area contributed by atoms with E-state index in [0.717, 1.165) is 59.4 Å². The lowest BCUT2D eigenvalue weighted by atomic mass is 10.1. The average molecular weight is 565 g/mol. The molecule has 0 radical (unpaired) electrons. The quantitative estimate of drug-likeness (QED) is 0.133. The van der Waals surface area contributed by atoms with Crippen molar-refractivity contribution in [1.29, 1.82) is 0 Å². The van der Waals surface area contributed by atoms with E-state index in [-0.39, 0.29) is 0 Å². The summed E-state index contributed by atoms with van der Waals surface area (Å²) in [5.74, 6) is 0. The zero-order valence-corrected chi connectivity index (χ0v) is 24.1. The van der Waals surface area contributed by atoms with E-state index >= 15 is 0 Å². The Balaban J connectivity index is 1.01. The van der Waals surface area contributed by atoms with Crippen molar-refractivity contribution in [3.05, 3.63) is 96.1 Å². The molecule has 6 heteroatoms. The smallest absolute Gasteiger partial charge is 0.150 e. The van der Waals surface area contributed by atoms with Gasteiger partial charge in [-0.2, -0.15) is 0 Å². The summed E-state index contributed by atoms with van der Waals surface area (Å²) in [6.45, 7) is 1.96. The van der Waals surface area contributed by atoms with Gasteiger partial charge in [-0.05, 0) is 73.5 Å². The van der Waals surface area contributed by atoms with E-state index in [0.29, 0.717) is 0 Å². The molecule has 0 saturated heterocycles. The number of benzene rings is 4. The predicted octanol–water partition coefficient (Wildman–Crippen LogP) is 9.56. The third-order valence-electron chi connectivity index (χ3n) is 7.59. The first kappa shape index (κ1) is 26.7. The highest BCUT2D eigenvalue weighted by molar-refractivity contribution is 8.00. The first-order valence-corrected chi connectivity index (χ1v) is 15.7. The fourth-order valence-electron chi connectivity index (χ4n) is 5.58. The molecule has 0 unspecified atom stereocenters. The fraction of sp³-hybridized carbons (Fsp3) is 0.235. The van der Waals surface area contributed by atoms with Gasteiger partial charge in [-0.3, -0.25) is 9.59 Å². The molecule has 0 bridgehead atoms. The van der Waals surface area contributed by atoms with Crippen molar-refractivity contribution < 1.29 is 9.59 Å². The number of aldehydes is 2. The van der Waals surface area contributed by atoms with Crippen molar-refractivity contribution >= 4 is 58.8 Å². The van der Waals surface area contributed by atoms with Crippen LogP contribution in [-0.4, -0.2) is 25.7 Å². The molecule has 202 valence electrons. The van der Waals surface area contributed by atoms with Crippen molar-refractivity contribution in [2.75, 3.05) is 22.9 Å². The minimum atomic E-state index is 0.728. The van der Waals surface area contributed by atoms with Crippen LogP contribution in [-0.2, 0) is 0 Å². The van der Waals surface area contributed by atoms with E-state index in [9.17, 15) is 9.59 Å². The molecule has 0 aromatic heterocycles. The number of hydrogen-bond donors (Lipinski definition) is 0. The Hall–Kier alpha value is -3.48. The molecule has 40 heavy (non-hydrogen) atoms. The Labute approximate surface area is 244 Å². The van der Waals surface area contributed by atoms with Crippen LogP contribution in [0.1, 0.15) is 59.2 Å². The number of rotatable bonds is 11. The molecule has 0 saturated carbocycles. The van der Waals surface area contributed by atoms with Crippen LogP contribution in [0.3, 0.4) is 0 Å². The summed E-state index contributed by atoms with van der Waals surface area (Å²) in [5, 5.41) is 0. The van der Waals surface area contributed by atoms with Crippen LogP contribution in [0.25, 0.3) is 0 Å². The van der Waals surface area contributed by atoms with Gasteiger partial charge < -0.3 is 9.80 Å². The van der Waals surface area contributed by atoms with Gasteiger partial charge in [0.1, 0.15) is 12.6 Å². The van der Waals surface area contributed by atoms with Crippen LogP contribution >= 0.6 is 23.5 Å². The van der Waals surface area contributed by atoms with E-state index in [1.165, 1.54) is 58.2 Å². The molecule has 2 aliphatic heterocycles. The largest absolute Gasteiger partial charge is 0.340 e. The van der Waals surface area contributed by atoms with Gasteiger partial charge in [0.05, 0.1) is 22.7 Å². The predicted molar refractivity (Wildman–Crippen MR) is 167 cm³/mol. The van der Waals surface area contributed by atoms with Crippen molar-refractivity contribution in [2.45, 2.75) is 58.1 Å². The molecule has 4 nitrogen and oxygen atoms in total. The molecule has 0 aliphatic carbocycles. The first-order chi connectivity index (χ1) is 19.7. The maximum absolute atomic E-state index is 11.3. The molecule has 2 aliphatic rings. The van der Waals surface area contributed by atoms with Gasteiger partial charge in [-0.1, -0.05) is 73.5 Å². The number of unbranched alkanes of at least 4 members (excludes halogenated alkanes) is 5. The summed E-state index contributed by atoms with van der Waals surface area (Å²) in [7, 11) is 0. The number of carbonyl (C=O) groups is 2. The van der Waals surface area contributed by atoms with Gasteiger partial charge in [-0.15, -0.1) is 0 Å². The summed E-state index contributed by atoms with van der Waals surface area (Å²) >= 11 is 3.50. The lowest BCUT2D eigenvalue weighted by molar-refractivity contribution is 0.111. The van der Waals surface area contributed by atoms with Crippen LogP contribution in [0.4, 0.5) is 22.7 Å². The van der Waals surface area contributed by atoms with Gasteiger partial charge in [-0.25, -0.2) is 0 Å². The molecule has 4 aromatic rings. The van der Waals surface area contributed by atoms with E-state index in [2.05, 4.69) is 70.5 Å². The Morgan fingerprint density at radius 1 is 0.475 bits per heavy atom. The second kappa shape index (κ2) is 12.4. The summed E-state index contributed by atoms with van der Waals surface area (Å²) in [4.78, 5) is 32.3. The minimum Gasteiger partial charge on any atom is -0.340 e. The zero-order valence-electron chi connectivity index (χ0n) is 22.4. The second-order valence-corrected chi connectivity index (χ2v) is 12.4. The molecule has 0 amide bonds. The number of fused-ring (bicyclic) bond motifs is 4. The Bertz CT molecular complexity index is 1420. The third-order valence-corrected chi connectivity index (χ3v) is 9.81. The van der Waals surface area contributed by atoms with Gasteiger partial charge >= 0.3 is 0 Å². The molecule has 0 atom stereocenters. The average Bonchev–Trinajstić information content (AvgIpc) is 3.00. The number of nitrogens with zero attached hydrogens (tertiary/aromatic N) is 2. The summed E-state index contributed by atoms with van der Waals surface area (Å²) in [6.07, 6.45) is 8.99. The minimum absolute atomic E-state index is 0.728. The highest BCUT2D eigenvalue weighted by Crippen LogP contribution is 2.49. The van der Waals surface area contributed by atoms with Crippen molar-refractivity contribution in [1.82, 2.24) is 0 Å². The molecule has 0 spiro atoms. The summed E-state index contributed by atoms with van der Waals surface area (Å²) < 4.78 is 0. The van der Waals surface area contributed by atoms with Crippen LogP contribution in [0.5, 0.6) is 0 Å². The SMILES string of the molecule is O=Cc1ccc2c(c1)Sc1ccccc1N2CCCCCCCCN1c2ccccc2Sc2cc(C=O)ccc21. The number of carbonyl (C=O) groups excluding carboxylic acids is 2. The van der Waals surface area contributed by atoms with Crippen LogP contribution < -0.4 is 9.80 Å². The Kier molecular flexibility index (Phi) is 8.26. The number of para-hydroxylation sites is 2. The van der Waals surface area contributed by atoms with Crippen molar-refractivity contribution in [3.8, 4) is 0 Å². The second-order valence-electron chi connectivity index (χ2n) is 10.3. The number of anilines is 4. The normalized spacial score (nSPS) is 13.2. The Morgan fingerprint density at radius 2 is 0.875 bits per heavy atom.